The number of halogens is 3. The molecule has 3 heterocycles. The summed E-state index contributed by atoms with van der Waals surface area (Å²) in [7, 11) is 1.71. The van der Waals surface area contributed by atoms with Crippen LogP contribution in [0.3, 0.4) is 0 Å². The van der Waals surface area contributed by atoms with Crippen molar-refractivity contribution < 1.29 is 18.3 Å². The number of aliphatic hydroxyl groups is 1. The molecule has 0 radical (unpaired) electrons. The average molecular weight is 485 g/mol. The number of fused-ring (bicyclic) bond motifs is 1. The molecule has 1 unspecified atom stereocenters. The van der Waals surface area contributed by atoms with Crippen molar-refractivity contribution in [2.24, 2.45) is 7.05 Å². The molecule has 0 aliphatic heterocycles. The summed E-state index contributed by atoms with van der Waals surface area (Å²) in [6.07, 6.45) is -0.240. The van der Waals surface area contributed by atoms with Crippen LogP contribution < -0.4 is 0 Å². The van der Waals surface area contributed by atoms with Gasteiger partial charge in [0.2, 0.25) is 0 Å². The lowest BCUT2D eigenvalue weighted by molar-refractivity contribution is -0.140. The zero-order valence-electron chi connectivity index (χ0n) is 18.9. The molecule has 0 aliphatic carbocycles. The molecule has 0 aliphatic rings. The van der Waals surface area contributed by atoms with Crippen molar-refractivity contribution in [3.63, 3.8) is 0 Å². The zero-order chi connectivity index (χ0) is 25.5. The molecule has 2 aromatic carbocycles. The van der Waals surface area contributed by atoms with E-state index in [-0.39, 0.29) is 33.3 Å². The summed E-state index contributed by atoms with van der Waals surface area (Å²) >= 11 is 0. The molecule has 9 heteroatoms. The lowest BCUT2D eigenvalue weighted by Crippen LogP contribution is -2.32. The number of pyridine rings is 2. The van der Waals surface area contributed by atoms with Gasteiger partial charge in [-0.1, -0.05) is 42.5 Å². The fourth-order valence-corrected chi connectivity index (χ4v) is 4.40. The number of imidazole rings is 1. The minimum atomic E-state index is -4.78. The van der Waals surface area contributed by atoms with Gasteiger partial charge in [0.15, 0.2) is 11.3 Å². The van der Waals surface area contributed by atoms with E-state index < -0.39 is 17.5 Å². The van der Waals surface area contributed by atoms with E-state index in [9.17, 15) is 23.5 Å². The van der Waals surface area contributed by atoms with E-state index in [0.717, 1.165) is 0 Å². The lowest BCUT2D eigenvalue weighted by Gasteiger charge is -2.29. The normalized spacial score (nSPS) is 13.3. The Balaban J connectivity index is 1.86. The summed E-state index contributed by atoms with van der Waals surface area (Å²) in [6.45, 7) is 0. The summed E-state index contributed by atoms with van der Waals surface area (Å²) in [4.78, 5) is 12.4. The second-order valence-corrected chi connectivity index (χ2v) is 8.23. The highest BCUT2D eigenvalue weighted by atomic mass is 19.4. The van der Waals surface area contributed by atoms with E-state index in [1.807, 2.05) is 6.07 Å². The van der Waals surface area contributed by atoms with Crippen molar-refractivity contribution in [2.45, 2.75) is 11.8 Å². The molecule has 36 heavy (non-hydrogen) atoms. The standard InChI is InChI=1S/C27H18F3N5O/c1-35-16-32-15-23(35)26(36,22-9-5-6-12-33-22)18-10-11-21-19(13-18)20(14-31)24(17-7-3-2-4-8-17)25(34-21)27(28,29)30/h2-13,15-16,36H,1H3. The quantitative estimate of drug-likeness (QED) is 0.378. The van der Waals surface area contributed by atoms with E-state index in [1.165, 1.54) is 49.1 Å². The average Bonchev–Trinajstić information content (AvgIpc) is 3.33. The van der Waals surface area contributed by atoms with Gasteiger partial charge in [-0.05, 0) is 35.4 Å². The number of rotatable bonds is 4. The van der Waals surface area contributed by atoms with Gasteiger partial charge in [-0.2, -0.15) is 18.4 Å². The third-order valence-corrected chi connectivity index (χ3v) is 6.07. The Morgan fingerprint density at radius 2 is 1.75 bits per heavy atom. The molecule has 0 spiro atoms. The Morgan fingerprint density at radius 3 is 2.36 bits per heavy atom. The number of alkyl halides is 3. The van der Waals surface area contributed by atoms with Crippen LogP contribution in [0.1, 0.15) is 28.2 Å². The number of aryl methyl sites for hydroxylation is 1. The van der Waals surface area contributed by atoms with Gasteiger partial charge in [0.05, 0.1) is 35.0 Å². The second-order valence-electron chi connectivity index (χ2n) is 8.23. The fraction of sp³-hybridized carbons (Fsp3) is 0.111. The van der Waals surface area contributed by atoms with E-state index in [2.05, 4.69) is 15.0 Å². The first-order valence-electron chi connectivity index (χ1n) is 10.9. The van der Waals surface area contributed by atoms with Gasteiger partial charge < -0.3 is 9.67 Å². The predicted octanol–water partition coefficient (Wildman–Crippen LogP) is 5.20. The largest absolute Gasteiger partial charge is 0.434 e. The van der Waals surface area contributed by atoms with Gasteiger partial charge >= 0.3 is 6.18 Å². The maximum atomic E-state index is 14.1. The molecule has 0 saturated heterocycles. The first kappa shape index (κ1) is 23.2. The Morgan fingerprint density at radius 1 is 1.00 bits per heavy atom. The Bertz CT molecular complexity index is 1610. The van der Waals surface area contributed by atoms with Crippen LogP contribution in [-0.4, -0.2) is 24.6 Å². The van der Waals surface area contributed by atoms with E-state index in [0.29, 0.717) is 11.3 Å². The van der Waals surface area contributed by atoms with Crippen molar-refractivity contribution in [1.29, 1.82) is 5.26 Å². The first-order chi connectivity index (χ1) is 17.2. The molecule has 6 nitrogen and oxygen atoms in total. The van der Waals surface area contributed by atoms with Crippen LogP contribution in [0.5, 0.6) is 0 Å². The summed E-state index contributed by atoms with van der Waals surface area (Å²) in [5.74, 6) is 0. The number of nitrogens with zero attached hydrogens (tertiary/aromatic N) is 5. The van der Waals surface area contributed by atoms with Crippen molar-refractivity contribution in [3.05, 3.63) is 114 Å². The second kappa shape index (κ2) is 8.59. The molecular weight excluding hydrogens is 467 g/mol. The molecule has 5 rings (SSSR count). The third kappa shape index (κ3) is 3.68. The van der Waals surface area contributed by atoms with Crippen LogP contribution >= 0.6 is 0 Å². The molecule has 5 aromatic rings. The Kier molecular flexibility index (Phi) is 5.54. The lowest BCUT2D eigenvalue weighted by atomic mass is 9.85. The van der Waals surface area contributed by atoms with Gasteiger partial charge in [-0.15, -0.1) is 0 Å². The van der Waals surface area contributed by atoms with Gasteiger partial charge in [-0.3, -0.25) is 4.98 Å². The van der Waals surface area contributed by atoms with E-state index in [4.69, 9.17) is 0 Å². The number of benzene rings is 2. The van der Waals surface area contributed by atoms with Crippen LogP contribution in [0.15, 0.2) is 85.5 Å². The molecule has 1 N–H and O–H groups in total. The fourth-order valence-electron chi connectivity index (χ4n) is 4.40. The Labute approximate surface area is 204 Å². The molecule has 0 saturated carbocycles. The number of hydrogen-bond acceptors (Lipinski definition) is 5. The van der Waals surface area contributed by atoms with E-state index >= 15 is 0 Å². The summed E-state index contributed by atoms with van der Waals surface area (Å²) in [6, 6.07) is 19.3. The minimum absolute atomic E-state index is 0.0179. The predicted molar refractivity (Wildman–Crippen MR) is 126 cm³/mol. The molecule has 178 valence electrons. The first-order valence-corrected chi connectivity index (χ1v) is 10.9. The number of aromatic nitrogens is 4. The highest BCUT2D eigenvalue weighted by molar-refractivity contribution is 5.93. The smallest absolute Gasteiger partial charge is 0.373 e. The van der Waals surface area contributed by atoms with Crippen molar-refractivity contribution in [1.82, 2.24) is 19.5 Å². The van der Waals surface area contributed by atoms with Crippen molar-refractivity contribution in [2.75, 3.05) is 0 Å². The number of nitriles is 1. The SMILES string of the molecule is Cn1cncc1C(O)(c1ccc2nc(C(F)(F)F)c(-c3ccccc3)c(C#N)c2c1)c1ccccn1. The maximum absolute atomic E-state index is 14.1. The maximum Gasteiger partial charge on any atom is 0.434 e. The van der Waals surface area contributed by atoms with Crippen molar-refractivity contribution >= 4 is 10.9 Å². The molecule has 0 bridgehead atoms. The van der Waals surface area contributed by atoms with Crippen LogP contribution in [0.4, 0.5) is 13.2 Å². The highest BCUT2D eigenvalue weighted by Gasteiger charge is 2.40. The highest BCUT2D eigenvalue weighted by Crippen LogP contribution is 2.42. The topological polar surface area (TPSA) is 87.6 Å². The van der Waals surface area contributed by atoms with E-state index in [1.54, 1.807) is 48.0 Å². The van der Waals surface area contributed by atoms with Gasteiger partial charge in [0.25, 0.3) is 0 Å². The summed E-state index contributed by atoms with van der Waals surface area (Å²) in [5, 5.41) is 22.3. The van der Waals surface area contributed by atoms with Crippen LogP contribution in [0.2, 0.25) is 0 Å². The minimum Gasteiger partial charge on any atom is -0.373 e. The summed E-state index contributed by atoms with van der Waals surface area (Å²) in [5.41, 5.74) is -2.26. The van der Waals surface area contributed by atoms with Gasteiger partial charge in [-0.25, -0.2) is 9.97 Å². The monoisotopic (exact) mass is 485 g/mol. The van der Waals surface area contributed by atoms with Crippen LogP contribution in [0, 0.1) is 11.3 Å². The number of hydrogen-bond donors (Lipinski definition) is 1. The summed E-state index contributed by atoms with van der Waals surface area (Å²) < 4.78 is 43.8. The van der Waals surface area contributed by atoms with Crippen LogP contribution in [0.25, 0.3) is 22.0 Å². The third-order valence-electron chi connectivity index (χ3n) is 6.07. The van der Waals surface area contributed by atoms with Crippen LogP contribution in [-0.2, 0) is 18.8 Å². The Hall–Kier alpha value is -4.55. The van der Waals surface area contributed by atoms with Crippen molar-refractivity contribution in [3.8, 4) is 17.2 Å². The van der Waals surface area contributed by atoms with Gasteiger partial charge in [0.1, 0.15) is 6.07 Å². The zero-order valence-corrected chi connectivity index (χ0v) is 18.9. The molecule has 0 fully saturated rings. The molecule has 3 aromatic heterocycles. The van der Waals surface area contributed by atoms with Gasteiger partial charge in [0, 0.05) is 24.2 Å². The molecule has 0 amide bonds. The molecule has 1 atom stereocenters. The molecular formula is C27H18F3N5O.